The highest BCUT2D eigenvalue weighted by atomic mass is 16.5. The number of unbranched alkanes of at least 4 members (excludes halogenated alkanes) is 1. The molecule has 0 saturated heterocycles. The lowest BCUT2D eigenvalue weighted by atomic mass is 10.1. The Morgan fingerprint density at radius 2 is 1.80 bits per heavy atom. The molecule has 0 heterocycles. The van der Waals surface area contributed by atoms with Crippen LogP contribution in [-0.4, -0.2) is 31.3 Å². The summed E-state index contributed by atoms with van der Waals surface area (Å²) in [5.41, 5.74) is 0.175. The third-order valence-corrected chi connectivity index (χ3v) is 1.80. The largest absolute Gasteiger partial charge is 0.450 e. The molecule has 0 atom stereocenters. The molecular weight excluding hydrogens is 192 g/mol. The Bertz CT molecular complexity index is 176. The van der Waals surface area contributed by atoms with E-state index in [0.29, 0.717) is 13.2 Å². The summed E-state index contributed by atoms with van der Waals surface area (Å²) < 4.78 is 4.74. The van der Waals surface area contributed by atoms with E-state index in [1.807, 2.05) is 0 Å². The van der Waals surface area contributed by atoms with Crippen molar-refractivity contribution in [2.45, 2.75) is 46.1 Å². The fourth-order valence-electron chi connectivity index (χ4n) is 1.09. The van der Waals surface area contributed by atoms with E-state index in [9.17, 15) is 4.79 Å². The maximum absolute atomic E-state index is 10.9. The highest BCUT2D eigenvalue weighted by Gasteiger charge is 2.06. The summed E-state index contributed by atoms with van der Waals surface area (Å²) in [6.45, 7) is 10.3. The molecule has 0 spiro atoms. The van der Waals surface area contributed by atoms with Gasteiger partial charge in [0, 0.05) is 12.1 Å². The lowest BCUT2D eigenvalue weighted by Gasteiger charge is -2.20. The van der Waals surface area contributed by atoms with Gasteiger partial charge in [-0.05, 0) is 47.1 Å². The van der Waals surface area contributed by atoms with Crippen molar-refractivity contribution in [3.8, 4) is 0 Å². The van der Waals surface area contributed by atoms with Crippen molar-refractivity contribution in [3.05, 3.63) is 0 Å². The van der Waals surface area contributed by atoms with Crippen LogP contribution in [0.5, 0.6) is 0 Å². The lowest BCUT2D eigenvalue weighted by Crippen LogP contribution is -2.36. The zero-order valence-electron chi connectivity index (χ0n) is 10.4. The molecule has 0 aliphatic carbocycles. The molecule has 0 aliphatic heterocycles. The van der Waals surface area contributed by atoms with Crippen molar-refractivity contribution < 1.29 is 9.53 Å². The minimum Gasteiger partial charge on any atom is -0.450 e. The Balaban J connectivity index is 3.22. The van der Waals surface area contributed by atoms with E-state index in [2.05, 4.69) is 31.4 Å². The summed E-state index contributed by atoms with van der Waals surface area (Å²) in [7, 11) is 0. The average Bonchev–Trinajstić information content (AvgIpc) is 2.09. The Morgan fingerprint density at radius 1 is 1.20 bits per heavy atom. The summed E-state index contributed by atoms with van der Waals surface area (Å²) in [6.07, 6.45) is 1.72. The molecule has 0 unspecified atom stereocenters. The van der Waals surface area contributed by atoms with Crippen molar-refractivity contribution in [1.82, 2.24) is 10.6 Å². The quantitative estimate of drug-likeness (QED) is 0.667. The molecular formula is C11H24N2O2. The number of ether oxygens (including phenoxy) is 1. The molecule has 0 rings (SSSR count). The number of alkyl carbamates (subject to hydrolysis) is 1. The van der Waals surface area contributed by atoms with Crippen LogP contribution in [0.2, 0.25) is 0 Å². The fraction of sp³-hybridized carbons (Fsp3) is 0.909. The summed E-state index contributed by atoms with van der Waals surface area (Å²) >= 11 is 0. The SMILES string of the molecule is CCOC(=O)NCCCCNC(C)(C)C. The Kier molecular flexibility index (Phi) is 7.13. The van der Waals surface area contributed by atoms with E-state index in [1.54, 1.807) is 6.92 Å². The van der Waals surface area contributed by atoms with Crippen molar-refractivity contribution in [1.29, 1.82) is 0 Å². The molecule has 0 aromatic rings. The van der Waals surface area contributed by atoms with Crippen molar-refractivity contribution >= 4 is 6.09 Å². The number of hydrogen-bond acceptors (Lipinski definition) is 3. The Morgan fingerprint density at radius 3 is 2.33 bits per heavy atom. The topological polar surface area (TPSA) is 50.4 Å². The van der Waals surface area contributed by atoms with Crippen LogP contribution in [0.1, 0.15) is 40.5 Å². The molecule has 4 nitrogen and oxygen atoms in total. The third-order valence-electron chi connectivity index (χ3n) is 1.80. The second-order valence-electron chi connectivity index (χ2n) is 4.53. The zero-order valence-corrected chi connectivity index (χ0v) is 10.4. The maximum atomic E-state index is 10.9. The second-order valence-corrected chi connectivity index (χ2v) is 4.53. The van der Waals surface area contributed by atoms with Gasteiger partial charge in [-0.3, -0.25) is 0 Å². The van der Waals surface area contributed by atoms with Crippen LogP contribution in [0.25, 0.3) is 0 Å². The number of carbonyl (C=O) groups excluding carboxylic acids is 1. The van der Waals surface area contributed by atoms with Gasteiger partial charge in [-0.25, -0.2) is 4.79 Å². The first-order chi connectivity index (χ1) is 6.95. The zero-order chi connectivity index (χ0) is 11.7. The van der Waals surface area contributed by atoms with Crippen LogP contribution in [-0.2, 0) is 4.74 Å². The molecule has 0 saturated carbocycles. The van der Waals surface area contributed by atoms with Gasteiger partial charge in [-0.15, -0.1) is 0 Å². The van der Waals surface area contributed by atoms with E-state index in [0.717, 1.165) is 19.4 Å². The number of amides is 1. The second kappa shape index (κ2) is 7.51. The van der Waals surface area contributed by atoms with Gasteiger partial charge in [0.1, 0.15) is 0 Å². The molecule has 0 fully saturated rings. The predicted molar refractivity (Wildman–Crippen MR) is 62.0 cm³/mol. The van der Waals surface area contributed by atoms with E-state index in [4.69, 9.17) is 4.74 Å². The van der Waals surface area contributed by atoms with Gasteiger partial charge in [0.05, 0.1) is 6.61 Å². The number of rotatable bonds is 6. The number of hydrogen-bond donors (Lipinski definition) is 2. The summed E-state index contributed by atoms with van der Waals surface area (Å²) in [4.78, 5) is 10.9. The molecule has 0 aromatic heterocycles. The van der Waals surface area contributed by atoms with Crippen LogP contribution in [0.15, 0.2) is 0 Å². The Labute approximate surface area is 92.8 Å². The molecule has 15 heavy (non-hydrogen) atoms. The molecule has 0 aliphatic rings. The fourth-order valence-corrected chi connectivity index (χ4v) is 1.09. The van der Waals surface area contributed by atoms with Crippen molar-refractivity contribution in [2.24, 2.45) is 0 Å². The molecule has 1 amide bonds. The summed E-state index contributed by atoms with van der Waals surface area (Å²) in [6, 6.07) is 0. The monoisotopic (exact) mass is 216 g/mol. The molecule has 4 heteroatoms. The van der Waals surface area contributed by atoms with Crippen molar-refractivity contribution in [2.75, 3.05) is 19.7 Å². The normalized spacial score (nSPS) is 11.2. The average molecular weight is 216 g/mol. The molecule has 0 bridgehead atoms. The van der Waals surface area contributed by atoms with Gasteiger partial charge in [-0.2, -0.15) is 0 Å². The molecule has 2 N–H and O–H groups in total. The lowest BCUT2D eigenvalue weighted by molar-refractivity contribution is 0.152. The van der Waals surface area contributed by atoms with Gasteiger partial charge in [0.25, 0.3) is 0 Å². The first-order valence-electron chi connectivity index (χ1n) is 5.61. The summed E-state index contributed by atoms with van der Waals surface area (Å²) in [5.74, 6) is 0. The third kappa shape index (κ3) is 11.2. The standard InChI is InChI=1S/C11H24N2O2/c1-5-15-10(14)12-8-6-7-9-13-11(2,3)4/h13H,5-9H2,1-4H3,(H,12,14). The smallest absolute Gasteiger partial charge is 0.407 e. The van der Waals surface area contributed by atoms with E-state index in [-0.39, 0.29) is 11.6 Å². The Hall–Kier alpha value is -0.770. The highest BCUT2D eigenvalue weighted by molar-refractivity contribution is 5.66. The first-order valence-corrected chi connectivity index (χ1v) is 5.61. The van der Waals surface area contributed by atoms with E-state index < -0.39 is 0 Å². The van der Waals surface area contributed by atoms with Crippen molar-refractivity contribution in [3.63, 3.8) is 0 Å². The van der Waals surface area contributed by atoms with E-state index >= 15 is 0 Å². The first kappa shape index (κ1) is 14.2. The van der Waals surface area contributed by atoms with Gasteiger partial charge < -0.3 is 15.4 Å². The molecule has 0 radical (unpaired) electrons. The predicted octanol–water partition coefficient (Wildman–Crippen LogP) is 1.90. The molecule has 0 aromatic carbocycles. The van der Waals surface area contributed by atoms with E-state index in [1.165, 1.54) is 0 Å². The van der Waals surface area contributed by atoms with Gasteiger partial charge in [0.2, 0.25) is 0 Å². The van der Waals surface area contributed by atoms with Crippen LogP contribution < -0.4 is 10.6 Å². The number of nitrogens with one attached hydrogen (secondary N) is 2. The minimum absolute atomic E-state index is 0.175. The maximum Gasteiger partial charge on any atom is 0.407 e. The molecule has 90 valence electrons. The van der Waals surface area contributed by atoms with Gasteiger partial charge in [-0.1, -0.05) is 0 Å². The van der Waals surface area contributed by atoms with Crippen LogP contribution in [0.3, 0.4) is 0 Å². The van der Waals surface area contributed by atoms with Crippen LogP contribution in [0, 0.1) is 0 Å². The van der Waals surface area contributed by atoms with Crippen LogP contribution >= 0.6 is 0 Å². The summed E-state index contributed by atoms with van der Waals surface area (Å²) in [5, 5.41) is 6.08. The van der Waals surface area contributed by atoms with Gasteiger partial charge in [0.15, 0.2) is 0 Å². The van der Waals surface area contributed by atoms with Gasteiger partial charge >= 0.3 is 6.09 Å². The number of carbonyl (C=O) groups is 1. The van der Waals surface area contributed by atoms with Crippen LogP contribution in [0.4, 0.5) is 4.79 Å². The highest BCUT2D eigenvalue weighted by Crippen LogP contribution is 1.98. The minimum atomic E-state index is -0.318.